The average Bonchev–Trinajstić information content (AvgIpc) is 2.71. The van der Waals surface area contributed by atoms with Gasteiger partial charge in [0, 0.05) is 0 Å². The Morgan fingerprint density at radius 3 is 1.17 bits per heavy atom. The lowest BCUT2D eigenvalue weighted by Gasteiger charge is -2.44. The Hall–Kier alpha value is -0.0400. The Bertz CT molecular complexity index is 331. The first kappa shape index (κ1) is 29.0. The third-order valence-electron chi connectivity index (χ3n) is 7.14. The molecule has 0 aliphatic carbocycles. The monoisotopic (exact) mass is 410 g/mol. The number of hydrogen-bond donors (Lipinski definition) is 0. The highest BCUT2D eigenvalue weighted by molar-refractivity contribution is 4.87. The van der Waals surface area contributed by atoms with Crippen LogP contribution in [0.25, 0.3) is 0 Å². The molecule has 0 fully saturated rings. The molecule has 0 spiro atoms. The lowest BCUT2D eigenvalue weighted by molar-refractivity contribution is -0.166. The van der Waals surface area contributed by atoms with Gasteiger partial charge in [-0.05, 0) is 51.4 Å². The molecule has 0 radical (unpaired) electrons. The van der Waals surface area contributed by atoms with Crippen molar-refractivity contribution in [1.82, 2.24) is 0 Å². The predicted octanol–water partition coefficient (Wildman–Crippen LogP) is 10.1. The molecule has 0 aliphatic heterocycles. The van der Waals surface area contributed by atoms with Crippen molar-refractivity contribution in [2.45, 2.75) is 169 Å². The quantitative estimate of drug-likeness (QED) is 0.194. The normalized spacial score (nSPS) is 18.2. The maximum absolute atomic E-state index is 7.25. The van der Waals surface area contributed by atoms with Crippen molar-refractivity contribution < 1.29 is 4.74 Å². The standard InChI is InChI=1S/C28H58O/c1-9-15-19-25(13-5)23-27(7,21-17-11-3)29-28(8,22-18-12-4)24-26(14-6)20-16-10-2/h25-26H,9-24H2,1-8H3. The van der Waals surface area contributed by atoms with E-state index >= 15 is 0 Å². The van der Waals surface area contributed by atoms with E-state index in [2.05, 4.69) is 55.4 Å². The van der Waals surface area contributed by atoms with Crippen LogP contribution in [0.3, 0.4) is 0 Å². The van der Waals surface area contributed by atoms with E-state index in [0.29, 0.717) is 0 Å². The van der Waals surface area contributed by atoms with Gasteiger partial charge in [0.25, 0.3) is 0 Å². The molecule has 0 saturated carbocycles. The van der Waals surface area contributed by atoms with Crippen LogP contribution in [0.15, 0.2) is 0 Å². The highest BCUT2D eigenvalue weighted by Crippen LogP contribution is 2.40. The van der Waals surface area contributed by atoms with E-state index in [1.807, 2.05) is 0 Å². The van der Waals surface area contributed by atoms with E-state index in [9.17, 15) is 0 Å². The minimum Gasteiger partial charge on any atom is -0.369 e. The molecule has 0 aliphatic rings. The summed E-state index contributed by atoms with van der Waals surface area (Å²) in [6.45, 7) is 19.0. The first-order valence-electron chi connectivity index (χ1n) is 13.5. The van der Waals surface area contributed by atoms with Crippen LogP contribution in [0.2, 0.25) is 0 Å². The van der Waals surface area contributed by atoms with Crippen LogP contribution < -0.4 is 0 Å². The minimum atomic E-state index is 0.0377. The van der Waals surface area contributed by atoms with Crippen molar-refractivity contribution >= 4 is 0 Å². The van der Waals surface area contributed by atoms with Crippen LogP contribution >= 0.6 is 0 Å². The van der Waals surface area contributed by atoms with Crippen molar-refractivity contribution in [2.75, 3.05) is 0 Å². The summed E-state index contributed by atoms with van der Waals surface area (Å²) < 4.78 is 7.25. The van der Waals surface area contributed by atoms with E-state index in [0.717, 1.165) is 11.8 Å². The van der Waals surface area contributed by atoms with Gasteiger partial charge in [0.15, 0.2) is 0 Å². The Labute approximate surface area is 186 Å². The first-order chi connectivity index (χ1) is 13.8. The summed E-state index contributed by atoms with van der Waals surface area (Å²) >= 11 is 0. The van der Waals surface area contributed by atoms with Gasteiger partial charge >= 0.3 is 0 Å². The molecule has 29 heavy (non-hydrogen) atoms. The molecular weight excluding hydrogens is 352 g/mol. The Morgan fingerprint density at radius 1 is 0.552 bits per heavy atom. The molecule has 1 heteroatoms. The van der Waals surface area contributed by atoms with Gasteiger partial charge in [0.2, 0.25) is 0 Å². The number of rotatable bonds is 20. The van der Waals surface area contributed by atoms with Gasteiger partial charge in [-0.15, -0.1) is 0 Å². The topological polar surface area (TPSA) is 9.23 Å². The summed E-state index contributed by atoms with van der Waals surface area (Å²) in [5.41, 5.74) is 0.0753. The SMILES string of the molecule is CCCCC(CC)CC(C)(CCCC)OC(C)(CCCC)CC(CC)CCCC. The molecule has 0 rings (SSSR count). The summed E-state index contributed by atoms with van der Waals surface area (Å²) in [5, 5.41) is 0. The van der Waals surface area contributed by atoms with Crippen LogP contribution in [-0.4, -0.2) is 11.2 Å². The van der Waals surface area contributed by atoms with Crippen molar-refractivity contribution in [3.05, 3.63) is 0 Å². The molecule has 176 valence electrons. The third kappa shape index (κ3) is 13.1. The summed E-state index contributed by atoms with van der Waals surface area (Å²) in [4.78, 5) is 0. The van der Waals surface area contributed by atoms with Gasteiger partial charge in [0.1, 0.15) is 0 Å². The van der Waals surface area contributed by atoms with Gasteiger partial charge in [-0.3, -0.25) is 0 Å². The summed E-state index contributed by atoms with van der Waals surface area (Å²) in [6.07, 6.45) is 20.7. The Balaban J connectivity index is 5.43. The Morgan fingerprint density at radius 2 is 0.897 bits per heavy atom. The lowest BCUT2D eigenvalue weighted by atomic mass is 9.80. The highest BCUT2D eigenvalue weighted by atomic mass is 16.5. The van der Waals surface area contributed by atoms with Crippen molar-refractivity contribution in [2.24, 2.45) is 11.8 Å². The van der Waals surface area contributed by atoms with Crippen LogP contribution in [-0.2, 0) is 4.74 Å². The van der Waals surface area contributed by atoms with Gasteiger partial charge in [-0.2, -0.15) is 0 Å². The maximum atomic E-state index is 7.25. The second-order valence-corrected chi connectivity index (χ2v) is 10.5. The summed E-state index contributed by atoms with van der Waals surface area (Å²) in [6, 6.07) is 0. The van der Waals surface area contributed by atoms with Crippen LogP contribution in [0.4, 0.5) is 0 Å². The maximum Gasteiger partial charge on any atom is 0.0664 e. The molecule has 1 nitrogen and oxygen atoms in total. The van der Waals surface area contributed by atoms with Gasteiger partial charge in [0.05, 0.1) is 11.2 Å². The first-order valence-corrected chi connectivity index (χ1v) is 13.5. The zero-order chi connectivity index (χ0) is 22.2. The molecular formula is C28H58O. The Kier molecular flexibility index (Phi) is 16.6. The molecule has 0 amide bonds. The van der Waals surface area contributed by atoms with E-state index in [1.165, 1.54) is 103 Å². The molecule has 0 N–H and O–H groups in total. The zero-order valence-corrected chi connectivity index (χ0v) is 21.9. The van der Waals surface area contributed by atoms with E-state index in [-0.39, 0.29) is 11.2 Å². The van der Waals surface area contributed by atoms with Gasteiger partial charge in [-0.25, -0.2) is 0 Å². The molecule has 0 bridgehead atoms. The number of ether oxygens (including phenoxy) is 1. The number of hydrogen-bond acceptors (Lipinski definition) is 1. The fourth-order valence-corrected chi connectivity index (χ4v) is 5.19. The van der Waals surface area contributed by atoms with Crippen LogP contribution in [0.1, 0.15) is 158 Å². The third-order valence-corrected chi connectivity index (χ3v) is 7.14. The molecule has 0 saturated heterocycles. The summed E-state index contributed by atoms with van der Waals surface area (Å²) in [5.74, 6) is 1.63. The molecule has 0 aromatic carbocycles. The zero-order valence-electron chi connectivity index (χ0n) is 21.9. The second-order valence-electron chi connectivity index (χ2n) is 10.5. The lowest BCUT2D eigenvalue weighted by Crippen LogP contribution is -2.43. The largest absolute Gasteiger partial charge is 0.369 e. The van der Waals surface area contributed by atoms with E-state index in [1.54, 1.807) is 0 Å². The van der Waals surface area contributed by atoms with E-state index in [4.69, 9.17) is 4.74 Å². The molecule has 4 unspecified atom stereocenters. The molecule has 0 heterocycles. The molecule has 4 atom stereocenters. The predicted molar refractivity (Wildman–Crippen MR) is 133 cm³/mol. The number of unbranched alkanes of at least 4 members (excludes halogenated alkanes) is 4. The van der Waals surface area contributed by atoms with Crippen LogP contribution in [0.5, 0.6) is 0 Å². The molecule has 0 aromatic heterocycles. The molecule has 0 aromatic rings. The smallest absolute Gasteiger partial charge is 0.0664 e. The van der Waals surface area contributed by atoms with Gasteiger partial charge < -0.3 is 4.74 Å². The fraction of sp³-hybridized carbons (Fsp3) is 1.00. The average molecular weight is 411 g/mol. The second kappa shape index (κ2) is 16.6. The fourth-order valence-electron chi connectivity index (χ4n) is 5.19. The minimum absolute atomic E-state index is 0.0377. The summed E-state index contributed by atoms with van der Waals surface area (Å²) in [7, 11) is 0. The van der Waals surface area contributed by atoms with Crippen LogP contribution in [0, 0.1) is 11.8 Å². The van der Waals surface area contributed by atoms with Crippen molar-refractivity contribution in [1.29, 1.82) is 0 Å². The van der Waals surface area contributed by atoms with E-state index < -0.39 is 0 Å². The van der Waals surface area contributed by atoms with Crippen molar-refractivity contribution in [3.8, 4) is 0 Å². The highest BCUT2D eigenvalue weighted by Gasteiger charge is 2.37. The van der Waals surface area contributed by atoms with Gasteiger partial charge in [-0.1, -0.05) is 119 Å². The van der Waals surface area contributed by atoms with Crippen molar-refractivity contribution in [3.63, 3.8) is 0 Å².